The summed E-state index contributed by atoms with van der Waals surface area (Å²) in [4.78, 5) is 25.5. The molecular weight excluding hydrogens is 266 g/mol. The first kappa shape index (κ1) is 14.4. The normalized spacial score (nSPS) is 23.2. The van der Waals surface area contributed by atoms with Gasteiger partial charge in [0.2, 0.25) is 5.91 Å². The minimum Gasteiger partial charge on any atom is -0.342 e. The first-order valence-electron chi connectivity index (χ1n) is 6.41. The molecule has 4 nitrogen and oxygen atoms in total. The second-order valence-corrected chi connectivity index (χ2v) is 5.21. The van der Waals surface area contributed by atoms with Crippen LogP contribution in [0.2, 0.25) is 0 Å². The lowest BCUT2D eigenvalue weighted by Gasteiger charge is -2.38. The number of nitrogens with zero attached hydrogens (tertiary/aromatic N) is 1. The van der Waals surface area contributed by atoms with E-state index in [4.69, 9.17) is 0 Å². The monoisotopic (exact) mass is 282 g/mol. The van der Waals surface area contributed by atoms with Gasteiger partial charge in [-0.05, 0) is 25.0 Å². The minimum absolute atomic E-state index is 0.0910. The van der Waals surface area contributed by atoms with E-state index in [1.807, 2.05) is 13.8 Å². The van der Waals surface area contributed by atoms with Gasteiger partial charge < -0.3 is 5.32 Å². The zero-order valence-corrected chi connectivity index (χ0v) is 11.5. The maximum absolute atomic E-state index is 13.3. The van der Waals surface area contributed by atoms with Gasteiger partial charge in [-0.25, -0.2) is 8.78 Å². The second-order valence-electron chi connectivity index (χ2n) is 5.21. The fourth-order valence-electron chi connectivity index (χ4n) is 2.23. The van der Waals surface area contributed by atoms with Crippen molar-refractivity contribution in [3.05, 3.63) is 29.8 Å². The topological polar surface area (TPSA) is 49.4 Å². The lowest BCUT2D eigenvalue weighted by molar-refractivity contribution is -0.134. The molecule has 2 unspecified atom stereocenters. The highest BCUT2D eigenvalue weighted by Crippen LogP contribution is 2.25. The molecule has 6 heteroatoms. The van der Waals surface area contributed by atoms with Crippen LogP contribution in [0.5, 0.6) is 0 Å². The molecule has 1 fully saturated rings. The number of hydrogen-bond acceptors (Lipinski definition) is 2. The fraction of sp³-hybridized carbons (Fsp3) is 0.429. The number of piperazine rings is 1. The molecule has 2 atom stereocenters. The molecule has 1 heterocycles. The minimum atomic E-state index is -1.05. The Morgan fingerprint density at radius 3 is 2.40 bits per heavy atom. The van der Waals surface area contributed by atoms with Crippen molar-refractivity contribution in [2.45, 2.75) is 32.9 Å². The van der Waals surface area contributed by atoms with E-state index in [1.54, 1.807) is 6.92 Å². The number of nitrogens with one attached hydrogen (secondary N) is 1. The van der Waals surface area contributed by atoms with E-state index >= 15 is 0 Å². The molecule has 1 aromatic carbocycles. The second kappa shape index (κ2) is 5.19. The SMILES string of the molecule is CC(C)C1NC(=O)C(C)N(c2ccc(F)c(F)c2)C1=O. The van der Waals surface area contributed by atoms with Gasteiger partial charge in [-0.15, -0.1) is 0 Å². The van der Waals surface area contributed by atoms with Crippen LogP contribution in [-0.2, 0) is 9.59 Å². The van der Waals surface area contributed by atoms with E-state index in [9.17, 15) is 18.4 Å². The van der Waals surface area contributed by atoms with Crippen LogP contribution in [0, 0.1) is 17.6 Å². The van der Waals surface area contributed by atoms with E-state index < -0.39 is 23.7 Å². The first-order valence-corrected chi connectivity index (χ1v) is 6.41. The summed E-state index contributed by atoms with van der Waals surface area (Å²) in [5, 5.41) is 2.64. The van der Waals surface area contributed by atoms with Crippen LogP contribution in [0.1, 0.15) is 20.8 Å². The molecule has 1 aromatic rings. The van der Waals surface area contributed by atoms with Crippen LogP contribution in [0.3, 0.4) is 0 Å². The number of carbonyl (C=O) groups is 2. The molecule has 0 bridgehead atoms. The third kappa shape index (κ3) is 2.37. The maximum atomic E-state index is 13.3. The third-order valence-corrected chi connectivity index (χ3v) is 3.42. The highest BCUT2D eigenvalue weighted by Gasteiger charge is 2.40. The fourth-order valence-corrected chi connectivity index (χ4v) is 2.23. The summed E-state index contributed by atoms with van der Waals surface area (Å²) in [5.41, 5.74) is 0.182. The smallest absolute Gasteiger partial charge is 0.250 e. The molecule has 0 saturated carbocycles. The molecule has 1 aliphatic rings. The largest absolute Gasteiger partial charge is 0.342 e. The predicted octanol–water partition coefficient (Wildman–Crippen LogP) is 1.84. The van der Waals surface area contributed by atoms with Crippen molar-refractivity contribution in [1.82, 2.24) is 5.32 Å². The summed E-state index contributed by atoms with van der Waals surface area (Å²) in [7, 11) is 0. The number of benzene rings is 1. The Bertz CT molecular complexity index is 560. The molecule has 2 rings (SSSR count). The number of anilines is 1. The van der Waals surface area contributed by atoms with Crippen molar-refractivity contribution >= 4 is 17.5 Å². The van der Waals surface area contributed by atoms with Gasteiger partial charge in [0.15, 0.2) is 11.6 Å². The van der Waals surface area contributed by atoms with Crippen LogP contribution in [0.4, 0.5) is 14.5 Å². The molecular formula is C14H16F2N2O2. The molecule has 2 amide bonds. The molecule has 0 aromatic heterocycles. The Morgan fingerprint density at radius 2 is 1.85 bits per heavy atom. The van der Waals surface area contributed by atoms with Crippen LogP contribution >= 0.6 is 0 Å². The standard InChI is InChI=1S/C14H16F2N2O2/c1-7(2)12-14(20)18(8(3)13(19)17-12)9-4-5-10(15)11(16)6-9/h4-8,12H,1-3H3,(H,17,19). The summed E-state index contributed by atoms with van der Waals surface area (Å²) in [6.07, 6.45) is 0. The van der Waals surface area contributed by atoms with E-state index in [1.165, 1.54) is 11.0 Å². The number of halogens is 2. The molecule has 1 N–H and O–H groups in total. The summed E-state index contributed by atoms with van der Waals surface area (Å²) < 4.78 is 26.3. The van der Waals surface area contributed by atoms with E-state index in [0.717, 1.165) is 12.1 Å². The van der Waals surface area contributed by atoms with Crippen LogP contribution in [-0.4, -0.2) is 23.9 Å². The lowest BCUT2D eigenvalue weighted by Crippen LogP contribution is -2.64. The highest BCUT2D eigenvalue weighted by atomic mass is 19.2. The predicted molar refractivity (Wildman–Crippen MR) is 70.1 cm³/mol. The zero-order chi connectivity index (χ0) is 15.0. The summed E-state index contributed by atoms with van der Waals surface area (Å²) in [6.45, 7) is 5.16. The van der Waals surface area contributed by atoms with Gasteiger partial charge in [-0.2, -0.15) is 0 Å². The summed E-state index contributed by atoms with van der Waals surface area (Å²) in [6, 6.07) is 1.75. The van der Waals surface area contributed by atoms with Crippen molar-refractivity contribution in [2.75, 3.05) is 4.90 Å². The Morgan fingerprint density at radius 1 is 1.20 bits per heavy atom. The molecule has 0 aliphatic carbocycles. The van der Waals surface area contributed by atoms with Crippen LogP contribution in [0.25, 0.3) is 0 Å². The van der Waals surface area contributed by atoms with Crippen LogP contribution in [0.15, 0.2) is 18.2 Å². The Kier molecular flexibility index (Phi) is 3.74. The van der Waals surface area contributed by atoms with Gasteiger partial charge in [0.25, 0.3) is 5.91 Å². The van der Waals surface area contributed by atoms with Gasteiger partial charge >= 0.3 is 0 Å². The number of carbonyl (C=O) groups excluding carboxylic acids is 2. The van der Waals surface area contributed by atoms with Crippen molar-refractivity contribution < 1.29 is 18.4 Å². The molecule has 0 radical (unpaired) electrons. The van der Waals surface area contributed by atoms with Crippen molar-refractivity contribution in [1.29, 1.82) is 0 Å². The molecule has 1 saturated heterocycles. The van der Waals surface area contributed by atoms with Gasteiger partial charge in [-0.3, -0.25) is 14.5 Å². The average molecular weight is 282 g/mol. The Balaban J connectivity index is 2.43. The average Bonchev–Trinajstić information content (AvgIpc) is 2.38. The van der Waals surface area contributed by atoms with Gasteiger partial charge in [0.1, 0.15) is 12.1 Å². The lowest BCUT2D eigenvalue weighted by atomic mass is 9.98. The number of hydrogen-bond donors (Lipinski definition) is 1. The van der Waals surface area contributed by atoms with Gasteiger partial charge in [-0.1, -0.05) is 13.8 Å². The molecule has 20 heavy (non-hydrogen) atoms. The first-order chi connectivity index (χ1) is 9.32. The van der Waals surface area contributed by atoms with E-state index in [2.05, 4.69) is 5.32 Å². The van der Waals surface area contributed by atoms with Crippen molar-refractivity contribution in [2.24, 2.45) is 5.92 Å². The molecule has 108 valence electrons. The van der Waals surface area contributed by atoms with Gasteiger partial charge in [0.05, 0.1) is 0 Å². The Labute approximate surface area is 115 Å². The zero-order valence-electron chi connectivity index (χ0n) is 11.5. The van der Waals surface area contributed by atoms with Crippen molar-refractivity contribution in [3.63, 3.8) is 0 Å². The Hall–Kier alpha value is -1.98. The van der Waals surface area contributed by atoms with E-state index in [0.29, 0.717) is 0 Å². The van der Waals surface area contributed by atoms with Crippen LogP contribution < -0.4 is 10.2 Å². The highest BCUT2D eigenvalue weighted by molar-refractivity contribution is 6.08. The number of rotatable bonds is 2. The van der Waals surface area contributed by atoms with E-state index in [-0.39, 0.29) is 23.4 Å². The summed E-state index contributed by atoms with van der Waals surface area (Å²) in [5.74, 6) is -2.76. The quantitative estimate of drug-likeness (QED) is 0.900. The number of amides is 2. The molecule has 0 spiro atoms. The van der Waals surface area contributed by atoms with Gasteiger partial charge in [0, 0.05) is 11.8 Å². The van der Waals surface area contributed by atoms with Crippen molar-refractivity contribution in [3.8, 4) is 0 Å². The molecule has 1 aliphatic heterocycles. The summed E-state index contributed by atoms with van der Waals surface area (Å²) >= 11 is 0. The maximum Gasteiger partial charge on any atom is 0.250 e. The third-order valence-electron chi connectivity index (χ3n) is 3.42.